The first-order valence-corrected chi connectivity index (χ1v) is 11.8. The molecular formula is C23H27ClFN7O3. The van der Waals surface area contributed by atoms with E-state index >= 15 is 0 Å². The van der Waals surface area contributed by atoms with Crippen LogP contribution in [0.3, 0.4) is 0 Å². The highest BCUT2D eigenvalue weighted by molar-refractivity contribution is 6.30. The van der Waals surface area contributed by atoms with Crippen molar-refractivity contribution in [1.29, 1.82) is 5.41 Å². The molecule has 10 nitrogen and oxygen atoms in total. The highest BCUT2D eigenvalue weighted by Crippen LogP contribution is 2.30. The summed E-state index contributed by atoms with van der Waals surface area (Å²) in [5.74, 6) is -0.187. The van der Waals surface area contributed by atoms with Crippen LogP contribution in [0.15, 0.2) is 45.4 Å². The zero-order chi connectivity index (χ0) is 25.1. The maximum atomic E-state index is 14.0. The molecule has 2 heterocycles. The maximum Gasteiger partial charge on any atom is 0.258 e. The smallest absolute Gasteiger partial charge is 0.258 e. The molecule has 2 aliphatic heterocycles. The van der Waals surface area contributed by atoms with E-state index in [2.05, 4.69) is 20.7 Å². The van der Waals surface area contributed by atoms with Crippen molar-refractivity contribution in [3.05, 3.63) is 62.1 Å². The Kier molecular flexibility index (Phi) is 7.49. The van der Waals surface area contributed by atoms with Crippen molar-refractivity contribution < 1.29 is 19.0 Å². The summed E-state index contributed by atoms with van der Waals surface area (Å²) in [6.45, 7) is 2.10. The van der Waals surface area contributed by atoms with Gasteiger partial charge in [0, 0.05) is 22.2 Å². The largest absolute Gasteiger partial charge is 0.489 e. The van der Waals surface area contributed by atoms with Gasteiger partial charge in [-0.2, -0.15) is 0 Å². The van der Waals surface area contributed by atoms with Gasteiger partial charge < -0.3 is 30.8 Å². The van der Waals surface area contributed by atoms with Crippen molar-refractivity contribution in [3.63, 3.8) is 0 Å². The Bertz CT molecular complexity index is 1140. The van der Waals surface area contributed by atoms with E-state index in [1.54, 1.807) is 6.92 Å². The number of hydrogen-bond donors (Lipinski definition) is 4. The number of aliphatic hydroxyl groups is 1. The molecule has 0 aromatic heterocycles. The maximum absolute atomic E-state index is 14.0. The molecule has 1 amide bonds. The predicted octanol–water partition coefficient (Wildman–Crippen LogP) is 3.54. The van der Waals surface area contributed by atoms with Gasteiger partial charge in [-0.15, -0.1) is 0 Å². The number of carbonyl (C=O) groups excluding carboxylic acids is 1. The minimum absolute atomic E-state index is 0.0744. The minimum atomic E-state index is -0.509. The van der Waals surface area contributed by atoms with E-state index in [1.807, 2.05) is 0 Å². The SMILES string of the molecule is CC1=C(Cl)C(CN=[N+]=[N-])N/C(=C2\CN(C(=O)c3ccc(F)cc3OC3CCC(O)CC3)CC2=N)N1. The molecule has 4 N–H and O–H groups in total. The number of aliphatic hydroxyl groups excluding tert-OH is 1. The van der Waals surface area contributed by atoms with Gasteiger partial charge in [-0.25, -0.2) is 4.39 Å². The molecule has 0 bridgehead atoms. The minimum Gasteiger partial charge on any atom is -0.489 e. The fourth-order valence-corrected chi connectivity index (χ4v) is 4.64. The summed E-state index contributed by atoms with van der Waals surface area (Å²) < 4.78 is 20.0. The van der Waals surface area contributed by atoms with Crippen LogP contribution in [-0.4, -0.2) is 59.5 Å². The lowest BCUT2D eigenvalue weighted by Gasteiger charge is -2.29. The van der Waals surface area contributed by atoms with Crippen LogP contribution in [0.5, 0.6) is 5.75 Å². The van der Waals surface area contributed by atoms with Crippen molar-refractivity contribution in [3.8, 4) is 5.75 Å². The third-order valence-corrected chi connectivity index (χ3v) is 6.93. The Labute approximate surface area is 206 Å². The van der Waals surface area contributed by atoms with Crippen molar-refractivity contribution in [1.82, 2.24) is 15.5 Å². The molecule has 12 heteroatoms. The molecule has 1 aliphatic carbocycles. The number of allylic oxidation sites excluding steroid dienone is 1. The Morgan fingerprint density at radius 1 is 1.37 bits per heavy atom. The number of halogens is 2. The van der Waals surface area contributed by atoms with E-state index in [0.29, 0.717) is 47.8 Å². The van der Waals surface area contributed by atoms with Gasteiger partial charge in [0.1, 0.15) is 17.4 Å². The van der Waals surface area contributed by atoms with Crippen LogP contribution in [0.25, 0.3) is 10.4 Å². The second-order valence-corrected chi connectivity index (χ2v) is 9.30. The number of benzene rings is 1. The molecule has 0 spiro atoms. The monoisotopic (exact) mass is 503 g/mol. The second-order valence-electron chi connectivity index (χ2n) is 8.89. The van der Waals surface area contributed by atoms with E-state index in [1.165, 1.54) is 23.1 Å². The van der Waals surface area contributed by atoms with Crippen molar-refractivity contribution in [2.24, 2.45) is 5.11 Å². The average Bonchev–Trinajstić information content (AvgIpc) is 3.22. The van der Waals surface area contributed by atoms with E-state index in [9.17, 15) is 14.3 Å². The predicted molar refractivity (Wildman–Crippen MR) is 129 cm³/mol. The van der Waals surface area contributed by atoms with Crippen LogP contribution in [0.2, 0.25) is 0 Å². The summed E-state index contributed by atoms with van der Waals surface area (Å²) in [4.78, 5) is 17.7. The lowest BCUT2D eigenvalue weighted by molar-refractivity contribution is 0.0640. The Hall–Kier alpha value is -3.27. The molecule has 2 fully saturated rings. The Balaban J connectivity index is 1.54. The molecule has 1 unspecified atom stereocenters. The molecule has 35 heavy (non-hydrogen) atoms. The summed E-state index contributed by atoms with van der Waals surface area (Å²) in [6, 6.07) is 3.38. The summed E-state index contributed by atoms with van der Waals surface area (Å²) >= 11 is 6.33. The van der Waals surface area contributed by atoms with Crippen LogP contribution in [0.4, 0.5) is 4.39 Å². The zero-order valence-corrected chi connectivity index (χ0v) is 20.0. The highest BCUT2D eigenvalue weighted by Gasteiger charge is 2.33. The molecule has 1 atom stereocenters. The van der Waals surface area contributed by atoms with Crippen LogP contribution in [0, 0.1) is 11.2 Å². The number of carbonyl (C=O) groups is 1. The average molecular weight is 504 g/mol. The number of nitrogens with zero attached hydrogens (tertiary/aromatic N) is 4. The van der Waals surface area contributed by atoms with Gasteiger partial charge in [-0.3, -0.25) is 4.79 Å². The zero-order valence-electron chi connectivity index (χ0n) is 19.2. The highest BCUT2D eigenvalue weighted by atomic mass is 35.5. The number of amides is 1. The second kappa shape index (κ2) is 10.6. The molecule has 186 valence electrons. The molecule has 0 radical (unpaired) electrons. The summed E-state index contributed by atoms with van der Waals surface area (Å²) in [5.41, 5.74) is 10.4. The summed E-state index contributed by atoms with van der Waals surface area (Å²) in [7, 11) is 0. The van der Waals surface area contributed by atoms with Crippen molar-refractivity contribution >= 4 is 23.2 Å². The van der Waals surface area contributed by atoms with Crippen LogP contribution < -0.4 is 15.4 Å². The molecule has 1 saturated carbocycles. The van der Waals surface area contributed by atoms with E-state index in [0.717, 1.165) is 0 Å². The van der Waals surface area contributed by atoms with Crippen molar-refractivity contribution in [2.75, 3.05) is 19.6 Å². The van der Waals surface area contributed by atoms with Gasteiger partial charge >= 0.3 is 0 Å². The van der Waals surface area contributed by atoms with Gasteiger partial charge in [0.2, 0.25) is 0 Å². The standard InChI is InChI=1S/C23H27ClFN7O3/c1-12-21(24)19(9-28-31-27)30-22(29-12)17-10-32(11-18(17)26)23(34)16-7-2-13(25)8-20(16)35-15-5-3-14(33)4-6-15/h2,7-8,14-15,19,26,29-30,33H,3-6,9-11H2,1H3/b22-17+,26-18?. The number of azide groups is 1. The van der Waals surface area contributed by atoms with E-state index in [-0.39, 0.29) is 54.8 Å². The summed E-state index contributed by atoms with van der Waals surface area (Å²) in [6.07, 6.45) is 1.89. The molecule has 1 aromatic rings. The molecule has 1 aromatic carbocycles. The fourth-order valence-electron chi connectivity index (χ4n) is 4.47. The number of rotatable bonds is 5. The summed E-state index contributed by atoms with van der Waals surface area (Å²) in [5, 5.41) is 28.6. The lowest BCUT2D eigenvalue weighted by Crippen LogP contribution is -2.44. The first-order chi connectivity index (χ1) is 16.8. The third-order valence-electron chi connectivity index (χ3n) is 6.39. The van der Waals surface area contributed by atoms with Gasteiger partial charge in [0.05, 0.1) is 54.2 Å². The van der Waals surface area contributed by atoms with Crippen LogP contribution >= 0.6 is 11.6 Å². The molecule has 4 rings (SSSR count). The molecule has 3 aliphatic rings. The normalized spacial score (nSPS) is 26.7. The first-order valence-electron chi connectivity index (χ1n) is 11.4. The van der Waals surface area contributed by atoms with Gasteiger partial charge in [0.15, 0.2) is 0 Å². The van der Waals surface area contributed by atoms with Gasteiger partial charge in [-0.05, 0) is 50.3 Å². The number of nitrogens with one attached hydrogen (secondary N) is 3. The number of likely N-dealkylation sites (tertiary alicyclic amines) is 1. The Morgan fingerprint density at radius 3 is 2.83 bits per heavy atom. The van der Waals surface area contributed by atoms with Gasteiger partial charge in [0.25, 0.3) is 5.91 Å². The third kappa shape index (κ3) is 5.53. The molecular weight excluding hydrogens is 477 g/mol. The number of hydrogen-bond acceptors (Lipinski definition) is 7. The van der Waals surface area contributed by atoms with Gasteiger partial charge in [-0.1, -0.05) is 16.7 Å². The van der Waals surface area contributed by atoms with Crippen LogP contribution in [-0.2, 0) is 0 Å². The van der Waals surface area contributed by atoms with Crippen molar-refractivity contribution in [2.45, 2.75) is 50.9 Å². The number of ether oxygens (including phenoxy) is 1. The first kappa shape index (κ1) is 24.8. The lowest BCUT2D eigenvalue weighted by atomic mass is 9.95. The van der Waals surface area contributed by atoms with Crippen LogP contribution in [0.1, 0.15) is 43.0 Å². The van der Waals surface area contributed by atoms with E-state index < -0.39 is 11.9 Å². The Morgan fingerprint density at radius 2 is 2.11 bits per heavy atom. The quantitative estimate of drug-likeness (QED) is 0.276. The fraction of sp³-hybridized carbons (Fsp3) is 0.478. The topological polar surface area (TPSA) is 146 Å². The van der Waals surface area contributed by atoms with E-state index in [4.69, 9.17) is 27.3 Å². The molecule has 1 saturated heterocycles.